The van der Waals surface area contributed by atoms with Gasteiger partial charge in [-0.2, -0.15) is 0 Å². The molecule has 0 saturated carbocycles. The lowest BCUT2D eigenvalue weighted by Crippen LogP contribution is -2.25. The van der Waals surface area contributed by atoms with Crippen LogP contribution in [-0.2, 0) is 5.41 Å². The third kappa shape index (κ3) is 4.62. The Morgan fingerprint density at radius 3 is 1.34 bits per heavy atom. The van der Waals surface area contributed by atoms with Crippen molar-refractivity contribution < 1.29 is 9.47 Å². The van der Waals surface area contributed by atoms with Crippen LogP contribution in [-0.4, -0.2) is 0 Å². The van der Waals surface area contributed by atoms with Crippen molar-refractivity contribution in [3.63, 3.8) is 0 Å². The number of benzene rings is 9. The summed E-state index contributed by atoms with van der Waals surface area (Å²) in [4.78, 5) is 2.33. The Labute approximate surface area is 337 Å². The normalized spacial score (nSPS) is 13.2. The van der Waals surface area contributed by atoms with Gasteiger partial charge in [0.1, 0.15) is 0 Å². The van der Waals surface area contributed by atoms with Crippen molar-refractivity contribution in [2.75, 3.05) is 4.90 Å². The Kier molecular flexibility index (Phi) is 7.14. The average Bonchev–Trinajstić information content (AvgIpc) is 3.75. The predicted molar refractivity (Wildman–Crippen MR) is 235 cm³/mol. The number of hydrogen-bond donors (Lipinski definition) is 0. The summed E-state index contributed by atoms with van der Waals surface area (Å²) in [5, 5.41) is 0. The summed E-state index contributed by atoms with van der Waals surface area (Å²) in [7, 11) is 0. The van der Waals surface area contributed by atoms with E-state index in [2.05, 4.69) is 211 Å². The van der Waals surface area contributed by atoms with Crippen molar-refractivity contribution in [2.24, 2.45) is 0 Å². The molecule has 1 aliphatic heterocycles. The van der Waals surface area contributed by atoms with Gasteiger partial charge in [0.25, 0.3) is 0 Å². The average molecular weight is 742 g/mol. The molecule has 3 aliphatic rings. The third-order valence-electron chi connectivity index (χ3n) is 12.2. The molecule has 0 bridgehead atoms. The van der Waals surface area contributed by atoms with Crippen LogP contribution in [0, 0.1) is 0 Å². The van der Waals surface area contributed by atoms with Crippen molar-refractivity contribution in [2.45, 2.75) is 5.41 Å². The van der Waals surface area contributed by atoms with E-state index in [4.69, 9.17) is 9.47 Å². The van der Waals surface area contributed by atoms with Gasteiger partial charge in [0, 0.05) is 22.5 Å². The van der Waals surface area contributed by atoms with Crippen LogP contribution in [0.3, 0.4) is 0 Å². The molecule has 9 aromatic carbocycles. The molecule has 0 amide bonds. The van der Waals surface area contributed by atoms with Crippen LogP contribution in [0.2, 0.25) is 0 Å². The molecule has 272 valence electrons. The van der Waals surface area contributed by atoms with E-state index in [1.165, 1.54) is 44.5 Å². The largest absolute Gasteiger partial charge is 0.449 e. The van der Waals surface area contributed by atoms with Gasteiger partial charge in [-0.05, 0) is 104 Å². The molecular formula is C55H35NO2. The van der Waals surface area contributed by atoms with Gasteiger partial charge in [-0.1, -0.05) is 164 Å². The molecule has 2 aliphatic carbocycles. The highest BCUT2D eigenvalue weighted by Gasteiger charge is 2.52. The fourth-order valence-electron chi connectivity index (χ4n) is 9.83. The van der Waals surface area contributed by atoms with Gasteiger partial charge in [0.2, 0.25) is 0 Å². The Morgan fingerprint density at radius 2 is 0.741 bits per heavy atom. The molecule has 3 nitrogen and oxygen atoms in total. The lowest BCUT2D eigenvalue weighted by atomic mass is 9.70. The van der Waals surface area contributed by atoms with Crippen molar-refractivity contribution in [1.82, 2.24) is 0 Å². The van der Waals surface area contributed by atoms with E-state index in [1.807, 2.05) is 6.07 Å². The zero-order valence-corrected chi connectivity index (χ0v) is 31.5. The molecule has 12 rings (SSSR count). The molecule has 0 fully saturated rings. The summed E-state index contributed by atoms with van der Waals surface area (Å²) in [5.74, 6) is 2.83. The SMILES string of the molecule is c1ccc(N(c2ccccc2)c2ccccc2-c2ccccc2-c2cccc3c2Oc2cc4c(cc2O3)-c2ccccc2C42c3ccccc3-c3ccccc32)cc1. The smallest absolute Gasteiger partial charge is 0.177 e. The second-order valence-electron chi connectivity index (χ2n) is 15.1. The van der Waals surface area contributed by atoms with E-state index >= 15 is 0 Å². The molecule has 3 heteroatoms. The molecular weight excluding hydrogens is 707 g/mol. The van der Waals surface area contributed by atoms with Crippen LogP contribution in [0.5, 0.6) is 23.0 Å². The van der Waals surface area contributed by atoms with Gasteiger partial charge in [0.05, 0.1) is 11.1 Å². The second kappa shape index (κ2) is 12.7. The van der Waals surface area contributed by atoms with Crippen molar-refractivity contribution in [1.29, 1.82) is 0 Å². The van der Waals surface area contributed by atoms with Gasteiger partial charge in [-0.15, -0.1) is 0 Å². The first-order valence-electron chi connectivity index (χ1n) is 19.8. The Morgan fingerprint density at radius 1 is 0.293 bits per heavy atom. The number of nitrogens with zero attached hydrogens (tertiary/aromatic N) is 1. The third-order valence-corrected chi connectivity index (χ3v) is 12.2. The standard InChI is InChI=1S/C55H35NO2/c1-3-18-36(19-4-1)56(37-20-5-2-6-21-37)50-32-16-12-27-43(50)38-22-7-8-23-39(38)44-28-17-33-51-54(44)58-53-35-49-45(34-52(53)57-51)42-26-11-15-31-48(42)55(49)46-29-13-9-24-40(46)41-25-10-14-30-47(41)55/h1-35H. The molecule has 0 unspecified atom stereocenters. The summed E-state index contributed by atoms with van der Waals surface area (Å²) in [6, 6.07) is 75.7. The quantitative estimate of drug-likeness (QED) is 0.175. The van der Waals surface area contributed by atoms with Crippen LogP contribution in [0.4, 0.5) is 17.1 Å². The van der Waals surface area contributed by atoms with Crippen LogP contribution in [0.1, 0.15) is 22.3 Å². The maximum absolute atomic E-state index is 7.14. The van der Waals surface area contributed by atoms with E-state index in [1.54, 1.807) is 0 Å². The Hall–Kier alpha value is -7.62. The second-order valence-corrected chi connectivity index (χ2v) is 15.1. The van der Waals surface area contributed by atoms with Crippen LogP contribution >= 0.6 is 0 Å². The van der Waals surface area contributed by atoms with E-state index in [-0.39, 0.29) is 0 Å². The summed E-state index contributed by atoms with van der Waals surface area (Å²) in [6.45, 7) is 0. The van der Waals surface area contributed by atoms with Crippen molar-refractivity contribution >= 4 is 17.1 Å². The minimum Gasteiger partial charge on any atom is -0.449 e. The molecule has 9 aromatic rings. The highest BCUT2D eigenvalue weighted by molar-refractivity contribution is 5.98. The van der Waals surface area contributed by atoms with Gasteiger partial charge in [-0.3, -0.25) is 0 Å². The molecule has 0 aromatic heterocycles. The first-order valence-corrected chi connectivity index (χ1v) is 19.8. The number of rotatable bonds is 5. The highest BCUT2D eigenvalue weighted by Crippen LogP contribution is 2.65. The number of anilines is 3. The number of para-hydroxylation sites is 4. The van der Waals surface area contributed by atoms with Gasteiger partial charge in [0.15, 0.2) is 23.0 Å². The van der Waals surface area contributed by atoms with E-state index in [0.29, 0.717) is 17.2 Å². The molecule has 0 radical (unpaired) electrons. The number of hydrogen-bond acceptors (Lipinski definition) is 3. The summed E-state index contributed by atoms with van der Waals surface area (Å²) >= 11 is 0. The zero-order valence-electron chi connectivity index (χ0n) is 31.5. The topological polar surface area (TPSA) is 21.7 Å². The van der Waals surface area contributed by atoms with Gasteiger partial charge in [-0.25, -0.2) is 0 Å². The molecule has 0 atom stereocenters. The first kappa shape index (κ1) is 32.6. The van der Waals surface area contributed by atoms with Crippen molar-refractivity contribution in [3.05, 3.63) is 235 Å². The zero-order chi connectivity index (χ0) is 38.2. The summed E-state index contributed by atoms with van der Waals surface area (Å²) in [5.41, 5.74) is 17.1. The minimum absolute atomic E-state index is 0.475. The fraction of sp³-hybridized carbons (Fsp3) is 0.0182. The van der Waals surface area contributed by atoms with Gasteiger partial charge < -0.3 is 14.4 Å². The van der Waals surface area contributed by atoms with Crippen molar-refractivity contribution in [3.8, 4) is 67.5 Å². The van der Waals surface area contributed by atoms with E-state index in [9.17, 15) is 0 Å². The molecule has 0 saturated heterocycles. The number of ether oxygens (including phenoxy) is 2. The van der Waals surface area contributed by atoms with E-state index in [0.717, 1.165) is 45.1 Å². The molecule has 1 spiro atoms. The summed E-state index contributed by atoms with van der Waals surface area (Å²) < 4.78 is 14.0. The first-order chi connectivity index (χ1) is 28.8. The minimum atomic E-state index is -0.475. The van der Waals surface area contributed by atoms with Crippen LogP contribution in [0.15, 0.2) is 212 Å². The van der Waals surface area contributed by atoms with Crippen LogP contribution in [0.25, 0.3) is 44.5 Å². The fourth-order valence-corrected chi connectivity index (χ4v) is 9.83. The maximum atomic E-state index is 7.14. The Bertz CT molecular complexity index is 2990. The monoisotopic (exact) mass is 741 g/mol. The van der Waals surface area contributed by atoms with Gasteiger partial charge >= 0.3 is 0 Å². The Balaban J connectivity index is 1.02. The molecule has 58 heavy (non-hydrogen) atoms. The molecule has 0 N–H and O–H groups in total. The lowest BCUT2D eigenvalue weighted by molar-refractivity contribution is 0.360. The van der Waals surface area contributed by atoms with Crippen LogP contribution < -0.4 is 14.4 Å². The highest BCUT2D eigenvalue weighted by atomic mass is 16.6. The maximum Gasteiger partial charge on any atom is 0.177 e. The molecule has 1 heterocycles. The predicted octanol–water partition coefficient (Wildman–Crippen LogP) is 14.7. The van der Waals surface area contributed by atoms with E-state index < -0.39 is 5.41 Å². The summed E-state index contributed by atoms with van der Waals surface area (Å²) in [6.07, 6.45) is 0. The number of fused-ring (bicyclic) bond motifs is 12. The lowest BCUT2D eigenvalue weighted by Gasteiger charge is -2.31.